The van der Waals surface area contributed by atoms with E-state index >= 15 is 0 Å². The van der Waals surface area contributed by atoms with E-state index in [2.05, 4.69) is 10.1 Å². The molecule has 1 atom stereocenters. The van der Waals surface area contributed by atoms with Crippen LogP contribution in [0.25, 0.3) is 0 Å². The number of carbonyl (C=O) groups is 2. The van der Waals surface area contributed by atoms with Crippen LogP contribution in [0.1, 0.15) is 29.1 Å². The summed E-state index contributed by atoms with van der Waals surface area (Å²) in [6.45, 7) is 2.25. The van der Waals surface area contributed by atoms with Gasteiger partial charge >= 0.3 is 5.97 Å². The molecule has 6 heteroatoms. The molecular weight excluding hydrogens is 284 g/mol. The average molecular weight is 303 g/mol. The molecule has 0 fully saturated rings. The Kier molecular flexibility index (Phi) is 5.32. The minimum absolute atomic E-state index is 0.0717. The zero-order valence-electron chi connectivity index (χ0n) is 12.5. The van der Waals surface area contributed by atoms with Gasteiger partial charge in [-0.1, -0.05) is 0 Å². The van der Waals surface area contributed by atoms with Gasteiger partial charge < -0.3 is 19.8 Å². The van der Waals surface area contributed by atoms with Crippen LogP contribution in [-0.2, 0) is 9.53 Å². The normalized spacial score (nSPS) is 11.7. The van der Waals surface area contributed by atoms with E-state index in [1.54, 1.807) is 30.5 Å². The number of amides is 1. The van der Waals surface area contributed by atoms with E-state index in [9.17, 15) is 9.59 Å². The number of hydrogen-bond donors (Lipinski definition) is 2. The van der Waals surface area contributed by atoms with E-state index in [0.717, 1.165) is 5.76 Å². The molecule has 6 nitrogen and oxygen atoms in total. The van der Waals surface area contributed by atoms with Crippen LogP contribution in [0.4, 0.5) is 5.69 Å². The summed E-state index contributed by atoms with van der Waals surface area (Å²) in [6, 6.07) is 10.3. The topological polar surface area (TPSA) is 85.1 Å². The first kappa shape index (κ1) is 15.8. The highest BCUT2D eigenvalue weighted by Crippen LogP contribution is 2.10. The summed E-state index contributed by atoms with van der Waals surface area (Å²) in [5, 5.41) is 4.66. The molecule has 0 radical (unpaired) electrons. The maximum Gasteiger partial charge on any atom is 0.337 e. The summed E-state index contributed by atoms with van der Waals surface area (Å²) in [6.07, 6.45) is 1.61. The Labute approximate surface area is 128 Å². The predicted molar refractivity (Wildman–Crippen MR) is 80.3 cm³/mol. The fraction of sp³-hybridized carbons (Fsp3) is 0.250. The van der Waals surface area contributed by atoms with Crippen molar-refractivity contribution in [2.45, 2.75) is 13.0 Å². The fourth-order valence-electron chi connectivity index (χ4n) is 1.97. The standard InChI is InChI=1S/C16H18N2O4/c1-11(14-4-3-9-22-14)17-10-15(19)18-13-7-5-12(6-8-13)16(20)21-2/h3-9,11,17H,10H2,1-2H3,(H,18,19)/p+1/t11-/m0/s1. The van der Waals surface area contributed by atoms with Crippen molar-refractivity contribution in [2.75, 3.05) is 19.0 Å². The number of rotatable bonds is 6. The van der Waals surface area contributed by atoms with Gasteiger partial charge in [0, 0.05) is 5.69 Å². The highest BCUT2D eigenvalue weighted by molar-refractivity contribution is 5.93. The lowest BCUT2D eigenvalue weighted by molar-refractivity contribution is -0.684. The molecule has 1 aromatic carbocycles. The van der Waals surface area contributed by atoms with Gasteiger partial charge in [-0.2, -0.15) is 0 Å². The van der Waals surface area contributed by atoms with Crippen LogP contribution in [0.5, 0.6) is 0 Å². The quantitative estimate of drug-likeness (QED) is 0.788. The third-order valence-corrected chi connectivity index (χ3v) is 3.24. The van der Waals surface area contributed by atoms with Crippen molar-refractivity contribution in [3.63, 3.8) is 0 Å². The number of carbonyl (C=O) groups excluding carboxylic acids is 2. The van der Waals surface area contributed by atoms with Gasteiger partial charge in [0.25, 0.3) is 5.91 Å². The largest absolute Gasteiger partial charge is 0.465 e. The molecule has 0 aliphatic rings. The monoisotopic (exact) mass is 303 g/mol. The third kappa shape index (κ3) is 4.20. The van der Waals surface area contributed by atoms with Crippen molar-refractivity contribution >= 4 is 17.6 Å². The van der Waals surface area contributed by atoms with Crippen molar-refractivity contribution in [1.29, 1.82) is 0 Å². The second kappa shape index (κ2) is 7.42. The molecule has 1 aromatic heterocycles. The molecule has 0 aliphatic heterocycles. The maximum absolute atomic E-state index is 11.9. The van der Waals surface area contributed by atoms with E-state index in [-0.39, 0.29) is 18.5 Å². The van der Waals surface area contributed by atoms with E-state index in [1.807, 2.05) is 24.4 Å². The van der Waals surface area contributed by atoms with Crippen molar-refractivity contribution < 1.29 is 24.1 Å². The Hall–Kier alpha value is -2.60. The molecular formula is C16H19N2O4+. The van der Waals surface area contributed by atoms with E-state index in [0.29, 0.717) is 11.3 Å². The Morgan fingerprint density at radius 1 is 1.27 bits per heavy atom. The van der Waals surface area contributed by atoms with Crippen LogP contribution >= 0.6 is 0 Å². The van der Waals surface area contributed by atoms with Crippen molar-refractivity contribution in [3.8, 4) is 0 Å². The second-order valence-corrected chi connectivity index (χ2v) is 4.86. The number of ether oxygens (including phenoxy) is 1. The molecule has 1 heterocycles. The van der Waals surface area contributed by atoms with Gasteiger partial charge in [-0.3, -0.25) is 4.79 Å². The molecule has 2 aromatic rings. The molecule has 0 saturated carbocycles. The lowest BCUT2D eigenvalue weighted by atomic mass is 10.2. The molecule has 116 valence electrons. The molecule has 2 rings (SSSR count). The van der Waals surface area contributed by atoms with Crippen LogP contribution in [-0.4, -0.2) is 25.5 Å². The van der Waals surface area contributed by atoms with Crippen molar-refractivity contribution in [3.05, 3.63) is 54.0 Å². The number of hydrogen-bond acceptors (Lipinski definition) is 4. The molecule has 0 saturated heterocycles. The highest BCUT2D eigenvalue weighted by Gasteiger charge is 2.14. The number of esters is 1. The molecule has 3 N–H and O–H groups in total. The lowest BCUT2D eigenvalue weighted by Gasteiger charge is -2.09. The molecule has 0 spiro atoms. The van der Waals surface area contributed by atoms with Crippen molar-refractivity contribution in [1.82, 2.24) is 0 Å². The van der Waals surface area contributed by atoms with Crippen LogP contribution in [0.3, 0.4) is 0 Å². The zero-order valence-corrected chi connectivity index (χ0v) is 12.5. The van der Waals surface area contributed by atoms with Crippen LogP contribution in [0, 0.1) is 0 Å². The minimum Gasteiger partial charge on any atom is -0.465 e. The first-order valence-electron chi connectivity index (χ1n) is 6.95. The number of nitrogens with one attached hydrogen (secondary N) is 1. The van der Waals surface area contributed by atoms with Crippen LogP contribution in [0.15, 0.2) is 47.1 Å². The van der Waals surface area contributed by atoms with Crippen LogP contribution in [0.2, 0.25) is 0 Å². The SMILES string of the molecule is COC(=O)c1ccc(NC(=O)C[NH2+][C@@H](C)c2ccco2)cc1. The highest BCUT2D eigenvalue weighted by atomic mass is 16.5. The molecule has 22 heavy (non-hydrogen) atoms. The predicted octanol–water partition coefficient (Wildman–Crippen LogP) is 1.33. The van der Waals surface area contributed by atoms with E-state index in [4.69, 9.17) is 4.42 Å². The first-order valence-corrected chi connectivity index (χ1v) is 6.95. The van der Waals surface area contributed by atoms with Gasteiger partial charge in [-0.25, -0.2) is 4.79 Å². The van der Waals surface area contributed by atoms with Gasteiger partial charge in [-0.05, 0) is 43.3 Å². The number of nitrogens with two attached hydrogens (primary N) is 1. The van der Waals surface area contributed by atoms with Gasteiger partial charge in [0.05, 0.1) is 18.9 Å². The number of quaternary nitrogens is 1. The van der Waals surface area contributed by atoms with E-state index < -0.39 is 5.97 Å². The summed E-state index contributed by atoms with van der Waals surface area (Å²) in [7, 11) is 1.33. The van der Waals surface area contributed by atoms with Crippen molar-refractivity contribution in [2.24, 2.45) is 0 Å². The second-order valence-electron chi connectivity index (χ2n) is 4.86. The number of benzene rings is 1. The minimum atomic E-state index is -0.404. The maximum atomic E-state index is 11.9. The zero-order chi connectivity index (χ0) is 15.9. The smallest absolute Gasteiger partial charge is 0.337 e. The number of furan rings is 1. The van der Waals surface area contributed by atoms with E-state index in [1.165, 1.54) is 7.11 Å². The summed E-state index contributed by atoms with van der Waals surface area (Å²) in [4.78, 5) is 23.2. The van der Waals surface area contributed by atoms with Crippen LogP contribution < -0.4 is 10.6 Å². The molecule has 1 amide bonds. The van der Waals surface area contributed by atoms with Gasteiger partial charge in [0.15, 0.2) is 12.3 Å². The summed E-state index contributed by atoms with van der Waals surface area (Å²) in [5.41, 5.74) is 1.08. The average Bonchev–Trinajstić information content (AvgIpc) is 3.07. The molecule has 0 aliphatic carbocycles. The van der Waals surface area contributed by atoms with Gasteiger partial charge in [0.2, 0.25) is 0 Å². The first-order chi connectivity index (χ1) is 10.6. The fourth-order valence-corrected chi connectivity index (χ4v) is 1.97. The Bertz CT molecular complexity index is 620. The lowest BCUT2D eigenvalue weighted by Crippen LogP contribution is -2.86. The van der Waals surface area contributed by atoms with Gasteiger partial charge in [0.1, 0.15) is 6.04 Å². The Morgan fingerprint density at radius 3 is 2.59 bits per heavy atom. The van der Waals surface area contributed by atoms with Gasteiger partial charge in [-0.15, -0.1) is 0 Å². The summed E-state index contributed by atoms with van der Waals surface area (Å²) >= 11 is 0. The molecule has 0 bridgehead atoms. The summed E-state index contributed by atoms with van der Waals surface area (Å²) in [5.74, 6) is 0.304. The third-order valence-electron chi connectivity index (χ3n) is 3.24. The number of anilines is 1. The number of methoxy groups -OCH3 is 1. The Balaban J connectivity index is 1.83. The molecule has 0 unspecified atom stereocenters. The summed E-state index contributed by atoms with van der Waals surface area (Å²) < 4.78 is 9.90. The Morgan fingerprint density at radius 2 is 2.00 bits per heavy atom.